The second-order valence-electron chi connectivity index (χ2n) is 7.17. The second-order valence-corrected chi connectivity index (χ2v) is 7.17. The molecule has 0 aromatic rings. The van der Waals surface area contributed by atoms with Gasteiger partial charge in [0.25, 0.3) is 0 Å². The van der Waals surface area contributed by atoms with Crippen LogP contribution in [0.1, 0.15) is 52.9 Å². The lowest BCUT2D eigenvalue weighted by atomic mass is 9.47. The number of esters is 1. The van der Waals surface area contributed by atoms with E-state index >= 15 is 0 Å². The maximum Gasteiger partial charge on any atom is 0.309 e. The van der Waals surface area contributed by atoms with Crippen LogP contribution in [0.25, 0.3) is 0 Å². The molecule has 4 fully saturated rings. The largest absolute Gasteiger partial charge is 0.466 e. The van der Waals surface area contributed by atoms with E-state index in [0.717, 1.165) is 18.4 Å². The Bertz CT molecular complexity index is 364. The first-order valence-electron chi connectivity index (χ1n) is 8.40. The standard InChI is InChI=1S/C17H28O3/c1-4-19-16(18)11(3)15-14-7-12-6-13(8-14)10-17(15,9-12)20-5-2/h11-15H,4-10H2,1-3H3. The fourth-order valence-electron chi connectivity index (χ4n) is 5.79. The summed E-state index contributed by atoms with van der Waals surface area (Å²) in [5.41, 5.74) is -0.0321. The Labute approximate surface area is 122 Å². The molecule has 0 N–H and O–H groups in total. The van der Waals surface area contributed by atoms with Crippen LogP contribution in [0.15, 0.2) is 0 Å². The summed E-state index contributed by atoms with van der Waals surface area (Å²) in [6.45, 7) is 7.28. The van der Waals surface area contributed by atoms with E-state index in [-0.39, 0.29) is 17.5 Å². The van der Waals surface area contributed by atoms with Crippen molar-refractivity contribution in [1.29, 1.82) is 0 Å². The van der Waals surface area contributed by atoms with Crippen LogP contribution in [-0.2, 0) is 14.3 Å². The summed E-state index contributed by atoms with van der Waals surface area (Å²) in [6.07, 6.45) is 6.34. The molecule has 4 aliphatic rings. The van der Waals surface area contributed by atoms with Crippen LogP contribution in [0.3, 0.4) is 0 Å². The van der Waals surface area contributed by atoms with E-state index in [0.29, 0.717) is 18.4 Å². The van der Waals surface area contributed by atoms with E-state index in [1.807, 2.05) is 6.92 Å². The van der Waals surface area contributed by atoms with Crippen LogP contribution in [-0.4, -0.2) is 24.8 Å². The molecule has 4 bridgehead atoms. The molecule has 114 valence electrons. The van der Waals surface area contributed by atoms with Gasteiger partial charge in [-0.3, -0.25) is 4.79 Å². The lowest BCUT2D eigenvalue weighted by Crippen LogP contribution is -2.61. The first-order chi connectivity index (χ1) is 9.59. The molecular formula is C17H28O3. The average Bonchev–Trinajstić information content (AvgIpc) is 2.37. The number of ether oxygens (including phenoxy) is 2. The molecule has 3 heteroatoms. The average molecular weight is 280 g/mol. The highest BCUT2D eigenvalue weighted by Crippen LogP contribution is 2.61. The maximum atomic E-state index is 12.2. The van der Waals surface area contributed by atoms with Crippen LogP contribution in [0.4, 0.5) is 0 Å². The topological polar surface area (TPSA) is 35.5 Å². The van der Waals surface area contributed by atoms with Crippen molar-refractivity contribution in [2.75, 3.05) is 13.2 Å². The van der Waals surface area contributed by atoms with Gasteiger partial charge in [-0.15, -0.1) is 0 Å². The molecule has 0 saturated heterocycles. The van der Waals surface area contributed by atoms with Crippen molar-refractivity contribution in [3.8, 4) is 0 Å². The first kappa shape index (κ1) is 14.4. The van der Waals surface area contributed by atoms with Gasteiger partial charge in [-0.2, -0.15) is 0 Å². The van der Waals surface area contributed by atoms with E-state index in [1.54, 1.807) is 0 Å². The quantitative estimate of drug-likeness (QED) is 0.724. The van der Waals surface area contributed by atoms with Gasteiger partial charge in [-0.1, -0.05) is 6.92 Å². The molecule has 3 nitrogen and oxygen atoms in total. The molecular weight excluding hydrogens is 252 g/mol. The van der Waals surface area contributed by atoms with Gasteiger partial charge in [0.05, 0.1) is 18.1 Å². The highest BCUT2D eigenvalue weighted by molar-refractivity contribution is 5.72. The van der Waals surface area contributed by atoms with Crippen molar-refractivity contribution in [1.82, 2.24) is 0 Å². The summed E-state index contributed by atoms with van der Waals surface area (Å²) in [4.78, 5) is 12.2. The smallest absolute Gasteiger partial charge is 0.309 e. The molecule has 4 saturated carbocycles. The minimum absolute atomic E-state index is 0.0218. The van der Waals surface area contributed by atoms with Crippen molar-refractivity contribution in [3.63, 3.8) is 0 Å². The number of carbonyl (C=O) groups is 1. The van der Waals surface area contributed by atoms with Gasteiger partial charge in [0.1, 0.15) is 0 Å². The minimum Gasteiger partial charge on any atom is -0.466 e. The molecule has 0 heterocycles. The Kier molecular flexibility index (Phi) is 3.83. The van der Waals surface area contributed by atoms with Gasteiger partial charge in [0, 0.05) is 12.5 Å². The van der Waals surface area contributed by atoms with Crippen LogP contribution >= 0.6 is 0 Å². The molecule has 4 aliphatic carbocycles. The Balaban J connectivity index is 1.85. The third kappa shape index (κ3) is 2.18. The molecule has 20 heavy (non-hydrogen) atoms. The predicted molar refractivity (Wildman–Crippen MR) is 77.2 cm³/mol. The summed E-state index contributed by atoms with van der Waals surface area (Å²) < 4.78 is 11.6. The zero-order chi connectivity index (χ0) is 14.3. The maximum absolute atomic E-state index is 12.2. The number of carbonyl (C=O) groups excluding carboxylic acids is 1. The SMILES string of the molecule is CCOC(=O)C(C)C1C2CC3CC(C2)CC1(OCC)C3. The summed E-state index contributed by atoms with van der Waals surface area (Å²) in [6, 6.07) is 0. The summed E-state index contributed by atoms with van der Waals surface area (Å²) in [7, 11) is 0. The molecule has 0 aliphatic heterocycles. The van der Waals surface area contributed by atoms with E-state index in [9.17, 15) is 4.79 Å². The monoisotopic (exact) mass is 280 g/mol. The molecule has 0 amide bonds. The van der Waals surface area contributed by atoms with Crippen LogP contribution in [0.2, 0.25) is 0 Å². The van der Waals surface area contributed by atoms with Gasteiger partial charge in [0.2, 0.25) is 0 Å². The summed E-state index contributed by atoms with van der Waals surface area (Å²) in [5.74, 6) is 2.67. The van der Waals surface area contributed by atoms with Crippen molar-refractivity contribution in [3.05, 3.63) is 0 Å². The zero-order valence-electron chi connectivity index (χ0n) is 13.1. The van der Waals surface area contributed by atoms with Crippen LogP contribution < -0.4 is 0 Å². The third-order valence-corrected chi connectivity index (χ3v) is 5.95. The molecule has 0 aromatic carbocycles. The number of hydrogen-bond donors (Lipinski definition) is 0. The van der Waals surface area contributed by atoms with Gasteiger partial charge in [-0.05, 0) is 63.7 Å². The molecule has 4 atom stereocenters. The van der Waals surface area contributed by atoms with Crippen molar-refractivity contribution >= 4 is 5.97 Å². The fourth-order valence-corrected chi connectivity index (χ4v) is 5.79. The normalized spacial score (nSPS) is 43.5. The highest BCUT2D eigenvalue weighted by Gasteiger charge is 2.60. The van der Waals surface area contributed by atoms with Gasteiger partial charge in [-0.25, -0.2) is 0 Å². The predicted octanol–water partition coefficient (Wildman–Crippen LogP) is 3.42. The van der Waals surface area contributed by atoms with Crippen molar-refractivity contribution in [2.45, 2.75) is 58.5 Å². The van der Waals surface area contributed by atoms with Crippen LogP contribution in [0.5, 0.6) is 0 Å². The Morgan fingerprint density at radius 2 is 1.80 bits per heavy atom. The summed E-state index contributed by atoms with van der Waals surface area (Å²) in [5, 5.41) is 0. The van der Waals surface area contributed by atoms with Crippen LogP contribution in [0, 0.1) is 29.6 Å². The van der Waals surface area contributed by atoms with Gasteiger partial charge in [0.15, 0.2) is 0 Å². The van der Waals surface area contributed by atoms with E-state index in [4.69, 9.17) is 9.47 Å². The summed E-state index contributed by atoms with van der Waals surface area (Å²) >= 11 is 0. The van der Waals surface area contributed by atoms with Crippen molar-refractivity contribution in [2.24, 2.45) is 29.6 Å². The molecule has 0 radical (unpaired) electrons. The van der Waals surface area contributed by atoms with Crippen molar-refractivity contribution < 1.29 is 14.3 Å². The first-order valence-corrected chi connectivity index (χ1v) is 8.40. The number of hydrogen-bond acceptors (Lipinski definition) is 3. The van der Waals surface area contributed by atoms with Gasteiger partial charge < -0.3 is 9.47 Å². The molecule has 0 spiro atoms. The highest BCUT2D eigenvalue weighted by atomic mass is 16.5. The molecule has 4 rings (SSSR count). The number of rotatable bonds is 5. The Morgan fingerprint density at radius 1 is 1.15 bits per heavy atom. The lowest BCUT2D eigenvalue weighted by molar-refractivity contribution is -0.217. The fraction of sp³-hybridized carbons (Fsp3) is 0.941. The van der Waals surface area contributed by atoms with Gasteiger partial charge >= 0.3 is 5.97 Å². The minimum atomic E-state index is -0.0321. The molecule has 4 unspecified atom stereocenters. The van der Waals surface area contributed by atoms with E-state index in [1.165, 1.54) is 32.1 Å². The lowest BCUT2D eigenvalue weighted by Gasteiger charge is -2.61. The Hall–Kier alpha value is -0.570. The van der Waals surface area contributed by atoms with E-state index in [2.05, 4.69) is 13.8 Å². The third-order valence-electron chi connectivity index (χ3n) is 5.95. The van der Waals surface area contributed by atoms with E-state index < -0.39 is 0 Å². The second kappa shape index (κ2) is 5.32. The zero-order valence-corrected chi connectivity index (χ0v) is 13.1. The Morgan fingerprint density at radius 3 is 2.35 bits per heavy atom. The molecule has 0 aromatic heterocycles.